The van der Waals surface area contributed by atoms with Crippen molar-refractivity contribution in [3.63, 3.8) is 0 Å². The lowest BCUT2D eigenvalue weighted by molar-refractivity contribution is -0.141. The summed E-state index contributed by atoms with van der Waals surface area (Å²) in [4.78, 5) is 9.15. The van der Waals surface area contributed by atoms with Crippen LogP contribution in [0.2, 0.25) is 0 Å². The van der Waals surface area contributed by atoms with E-state index in [1.54, 1.807) is 11.9 Å². The Kier molecular flexibility index (Phi) is 4.32. The summed E-state index contributed by atoms with van der Waals surface area (Å²) in [6, 6.07) is 0.954. The number of rotatable bonds is 4. The van der Waals surface area contributed by atoms with Crippen LogP contribution in [0.1, 0.15) is 18.5 Å². The van der Waals surface area contributed by atoms with Crippen LogP contribution in [-0.4, -0.2) is 43.3 Å². The van der Waals surface area contributed by atoms with E-state index in [4.69, 9.17) is 4.74 Å². The topological polar surface area (TPSA) is 50.3 Å². The summed E-state index contributed by atoms with van der Waals surface area (Å²) in [5, 5.41) is 2.55. The number of nitrogens with zero attached hydrogens (tertiary/aromatic N) is 3. The number of halogens is 3. The molecule has 0 radical (unpaired) electrons. The van der Waals surface area contributed by atoms with Crippen LogP contribution in [0.3, 0.4) is 0 Å². The minimum Gasteiger partial charge on any atom is -0.376 e. The zero-order chi connectivity index (χ0) is 14.8. The molecule has 1 saturated heterocycles. The number of hydrogen-bond donors (Lipinski definition) is 1. The highest BCUT2D eigenvalue weighted by atomic mass is 19.4. The van der Waals surface area contributed by atoms with Gasteiger partial charge in [-0.25, -0.2) is 4.98 Å². The number of anilines is 2. The number of ether oxygens (including phenoxy) is 1. The molecule has 8 heteroatoms. The molecule has 2 rings (SSSR count). The Hall–Kier alpha value is -1.57. The molecule has 112 valence electrons. The highest BCUT2D eigenvalue weighted by Gasteiger charge is 2.34. The molecule has 0 spiro atoms. The fourth-order valence-electron chi connectivity index (χ4n) is 2.07. The molecular formula is C12H17F3N4O. The van der Waals surface area contributed by atoms with Gasteiger partial charge in [-0.3, -0.25) is 0 Å². The second-order valence-electron chi connectivity index (χ2n) is 4.70. The minimum absolute atomic E-state index is 0.0438. The lowest BCUT2D eigenvalue weighted by Gasteiger charge is -2.22. The van der Waals surface area contributed by atoms with Crippen molar-refractivity contribution in [2.24, 2.45) is 0 Å². The molecule has 1 aromatic rings. The van der Waals surface area contributed by atoms with Crippen molar-refractivity contribution in [3.05, 3.63) is 11.8 Å². The van der Waals surface area contributed by atoms with Gasteiger partial charge in [0.15, 0.2) is 5.69 Å². The van der Waals surface area contributed by atoms with Gasteiger partial charge in [0.25, 0.3) is 0 Å². The molecule has 0 aromatic carbocycles. The molecule has 0 aliphatic carbocycles. The van der Waals surface area contributed by atoms with Gasteiger partial charge in [0, 0.05) is 33.3 Å². The molecular weight excluding hydrogens is 273 g/mol. The van der Waals surface area contributed by atoms with Crippen LogP contribution in [0.5, 0.6) is 0 Å². The highest BCUT2D eigenvalue weighted by molar-refractivity contribution is 5.44. The van der Waals surface area contributed by atoms with Crippen LogP contribution in [-0.2, 0) is 10.9 Å². The normalized spacial score (nSPS) is 19.1. The van der Waals surface area contributed by atoms with Gasteiger partial charge in [-0.15, -0.1) is 0 Å². The molecule has 1 aliphatic rings. The van der Waals surface area contributed by atoms with Crippen molar-refractivity contribution in [1.29, 1.82) is 0 Å². The first-order valence-electron chi connectivity index (χ1n) is 6.37. The summed E-state index contributed by atoms with van der Waals surface area (Å²) in [6.45, 7) is 1.22. The number of alkyl halides is 3. The average molecular weight is 290 g/mol. The second kappa shape index (κ2) is 5.82. The lowest BCUT2D eigenvalue weighted by Crippen LogP contribution is -2.29. The third kappa shape index (κ3) is 3.50. The van der Waals surface area contributed by atoms with Gasteiger partial charge in [-0.2, -0.15) is 18.2 Å². The van der Waals surface area contributed by atoms with Gasteiger partial charge < -0.3 is 15.0 Å². The number of likely N-dealkylation sites (N-methyl/N-ethyl adjacent to an activating group) is 1. The predicted octanol–water partition coefficient (Wildman–Crippen LogP) is 2.15. The first kappa shape index (κ1) is 14.8. The van der Waals surface area contributed by atoms with Crippen molar-refractivity contribution in [2.45, 2.75) is 25.1 Å². The summed E-state index contributed by atoms with van der Waals surface area (Å²) in [7, 11) is 3.18. The van der Waals surface area contributed by atoms with E-state index >= 15 is 0 Å². The lowest BCUT2D eigenvalue weighted by atomic mass is 10.2. The van der Waals surface area contributed by atoms with Crippen LogP contribution >= 0.6 is 0 Å². The zero-order valence-corrected chi connectivity index (χ0v) is 11.4. The molecule has 1 aliphatic heterocycles. The van der Waals surface area contributed by atoms with E-state index in [2.05, 4.69) is 15.3 Å². The Morgan fingerprint density at radius 3 is 2.75 bits per heavy atom. The molecule has 1 aromatic heterocycles. The summed E-state index contributed by atoms with van der Waals surface area (Å²) < 4.78 is 43.8. The van der Waals surface area contributed by atoms with Crippen LogP contribution in [0.4, 0.5) is 24.9 Å². The molecule has 0 bridgehead atoms. The van der Waals surface area contributed by atoms with E-state index in [1.807, 2.05) is 0 Å². The minimum atomic E-state index is -4.49. The second-order valence-corrected chi connectivity index (χ2v) is 4.70. The molecule has 5 nitrogen and oxygen atoms in total. The van der Waals surface area contributed by atoms with E-state index in [9.17, 15) is 13.2 Å². The van der Waals surface area contributed by atoms with Gasteiger partial charge in [0.1, 0.15) is 5.82 Å². The predicted molar refractivity (Wildman–Crippen MR) is 68.8 cm³/mol. The van der Waals surface area contributed by atoms with Gasteiger partial charge in [0.05, 0.1) is 6.10 Å². The summed E-state index contributed by atoms with van der Waals surface area (Å²) in [5.41, 5.74) is -0.953. The van der Waals surface area contributed by atoms with Crippen LogP contribution < -0.4 is 10.2 Å². The molecule has 0 amide bonds. The Morgan fingerprint density at radius 2 is 2.20 bits per heavy atom. The quantitative estimate of drug-likeness (QED) is 0.921. The summed E-state index contributed by atoms with van der Waals surface area (Å²) in [6.07, 6.45) is -2.55. The van der Waals surface area contributed by atoms with Gasteiger partial charge in [-0.05, 0) is 12.8 Å². The molecule has 20 heavy (non-hydrogen) atoms. The van der Waals surface area contributed by atoms with E-state index in [-0.39, 0.29) is 17.9 Å². The maximum Gasteiger partial charge on any atom is 0.433 e. The zero-order valence-electron chi connectivity index (χ0n) is 11.4. The van der Waals surface area contributed by atoms with Crippen molar-refractivity contribution < 1.29 is 17.9 Å². The Morgan fingerprint density at radius 1 is 1.45 bits per heavy atom. The first-order chi connectivity index (χ1) is 9.40. The van der Waals surface area contributed by atoms with E-state index in [1.165, 1.54) is 7.05 Å². The summed E-state index contributed by atoms with van der Waals surface area (Å²) >= 11 is 0. The highest BCUT2D eigenvalue weighted by Crippen LogP contribution is 2.30. The van der Waals surface area contributed by atoms with Crippen LogP contribution in [0, 0.1) is 0 Å². The van der Waals surface area contributed by atoms with Gasteiger partial charge in [-0.1, -0.05) is 0 Å². The Bertz CT molecular complexity index is 461. The fourth-order valence-corrected chi connectivity index (χ4v) is 2.07. The maximum absolute atomic E-state index is 12.8. The fraction of sp³-hybridized carbons (Fsp3) is 0.667. The molecule has 1 fully saturated rings. The van der Waals surface area contributed by atoms with E-state index in [0.29, 0.717) is 13.2 Å². The third-order valence-electron chi connectivity index (χ3n) is 3.12. The molecule has 1 atom stereocenters. The Labute approximate surface area is 115 Å². The smallest absolute Gasteiger partial charge is 0.376 e. The molecule has 0 saturated carbocycles. The van der Waals surface area contributed by atoms with Gasteiger partial charge >= 0.3 is 6.18 Å². The monoisotopic (exact) mass is 290 g/mol. The van der Waals surface area contributed by atoms with Crippen molar-refractivity contribution in [3.8, 4) is 0 Å². The van der Waals surface area contributed by atoms with Crippen LogP contribution in [0.25, 0.3) is 0 Å². The first-order valence-corrected chi connectivity index (χ1v) is 6.37. The van der Waals surface area contributed by atoms with Crippen molar-refractivity contribution in [2.75, 3.05) is 37.5 Å². The van der Waals surface area contributed by atoms with E-state index in [0.717, 1.165) is 18.9 Å². The largest absolute Gasteiger partial charge is 0.433 e. The molecule has 1 N–H and O–H groups in total. The number of nitrogens with one attached hydrogen (secondary N) is 1. The van der Waals surface area contributed by atoms with Crippen molar-refractivity contribution >= 4 is 11.8 Å². The Balaban J connectivity index is 2.20. The summed E-state index contributed by atoms with van der Waals surface area (Å²) in [5.74, 6) is 0.182. The molecule has 1 unspecified atom stereocenters. The average Bonchev–Trinajstić information content (AvgIpc) is 2.90. The van der Waals surface area contributed by atoms with Gasteiger partial charge in [0.2, 0.25) is 5.95 Å². The number of aromatic nitrogens is 2. The molecule has 2 heterocycles. The van der Waals surface area contributed by atoms with Crippen LogP contribution in [0.15, 0.2) is 6.07 Å². The standard InChI is InChI=1S/C12H17F3N4O/c1-16-11-17-9(12(13,14)15)6-10(18-11)19(2)7-8-4-3-5-20-8/h6,8H,3-5,7H2,1-2H3,(H,16,17,18). The van der Waals surface area contributed by atoms with Crippen molar-refractivity contribution in [1.82, 2.24) is 9.97 Å². The maximum atomic E-state index is 12.8. The van der Waals surface area contributed by atoms with E-state index < -0.39 is 11.9 Å². The SMILES string of the molecule is CNc1nc(N(C)CC2CCCO2)cc(C(F)(F)F)n1. The number of hydrogen-bond acceptors (Lipinski definition) is 5. The third-order valence-corrected chi connectivity index (χ3v) is 3.12.